The van der Waals surface area contributed by atoms with E-state index in [1.54, 1.807) is 0 Å². The quantitative estimate of drug-likeness (QED) is 0.797. The Hall–Kier alpha value is -1.64. The average molecular weight is 283 g/mol. The van der Waals surface area contributed by atoms with Crippen LogP contribution in [0.5, 0.6) is 0 Å². The third kappa shape index (κ3) is 2.19. The van der Waals surface area contributed by atoms with Gasteiger partial charge in [-0.1, -0.05) is 12.8 Å². The van der Waals surface area contributed by atoms with Gasteiger partial charge >= 0.3 is 0 Å². The number of ketones is 1. The summed E-state index contributed by atoms with van der Waals surface area (Å²) in [6.45, 7) is 0.804. The molecule has 1 aromatic rings. The van der Waals surface area contributed by atoms with Gasteiger partial charge in [0.2, 0.25) is 5.91 Å². The first-order chi connectivity index (χ1) is 10.3. The fraction of sp³-hybridized carbons (Fsp3) is 0.556. The molecule has 2 unspecified atom stereocenters. The van der Waals surface area contributed by atoms with Crippen LogP contribution in [0.4, 0.5) is 5.69 Å². The van der Waals surface area contributed by atoms with Crippen LogP contribution in [0, 0.1) is 17.8 Å². The Bertz CT molecular complexity index is 565. The molecule has 21 heavy (non-hydrogen) atoms. The van der Waals surface area contributed by atoms with Gasteiger partial charge in [-0.05, 0) is 55.4 Å². The van der Waals surface area contributed by atoms with Crippen LogP contribution in [0.1, 0.15) is 48.9 Å². The van der Waals surface area contributed by atoms with Crippen LogP contribution >= 0.6 is 0 Å². The highest BCUT2D eigenvalue weighted by Gasteiger charge is 2.54. The molecule has 0 N–H and O–H groups in total. The van der Waals surface area contributed by atoms with Gasteiger partial charge in [0.1, 0.15) is 0 Å². The van der Waals surface area contributed by atoms with E-state index < -0.39 is 0 Å². The Balaban J connectivity index is 1.49. The number of benzene rings is 1. The molecule has 1 amide bonds. The van der Waals surface area contributed by atoms with Gasteiger partial charge in [-0.15, -0.1) is 0 Å². The maximum absolute atomic E-state index is 12.6. The summed E-state index contributed by atoms with van der Waals surface area (Å²) in [5.41, 5.74) is 1.76. The maximum Gasteiger partial charge on any atom is 0.227 e. The minimum atomic E-state index is 0.197. The van der Waals surface area contributed by atoms with Crippen molar-refractivity contribution in [2.24, 2.45) is 17.8 Å². The summed E-state index contributed by atoms with van der Waals surface area (Å²) in [4.78, 5) is 26.2. The molecule has 0 radical (unpaired) electrons. The third-order valence-electron chi connectivity index (χ3n) is 5.50. The van der Waals surface area contributed by atoms with Crippen LogP contribution in [0.3, 0.4) is 0 Å². The van der Waals surface area contributed by atoms with E-state index in [0.29, 0.717) is 24.0 Å². The lowest BCUT2D eigenvalue weighted by atomic mass is 10.0. The molecule has 1 aromatic carbocycles. The van der Waals surface area contributed by atoms with Crippen LogP contribution in [-0.2, 0) is 4.79 Å². The number of carbonyl (C=O) groups is 2. The van der Waals surface area contributed by atoms with Crippen molar-refractivity contribution in [2.75, 3.05) is 11.4 Å². The molecule has 2 saturated carbocycles. The van der Waals surface area contributed by atoms with Crippen molar-refractivity contribution in [3.05, 3.63) is 29.8 Å². The zero-order valence-electron chi connectivity index (χ0n) is 12.3. The monoisotopic (exact) mass is 283 g/mol. The fourth-order valence-corrected chi connectivity index (χ4v) is 4.30. The minimum Gasteiger partial charge on any atom is -0.312 e. The number of rotatable bonds is 3. The standard InChI is InChI=1S/C18H21NO2/c20-16-6-3-11-19(16)13-9-7-12(8-10-13)18(21)17-14-4-1-2-5-15(14)17/h7-10,14-15,17H,1-6,11H2. The third-order valence-corrected chi connectivity index (χ3v) is 5.50. The highest BCUT2D eigenvalue weighted by molar-refractivity contribution is 6.01. The SMILES string of the molecule is O=C(c1ccc(N2CCCC2=O)cc1)C1C2CCCCC21. The number of fused-ring (bicyclic) bond motifs is 1. The lowest BCUT2D eigenvalue weighted by Gasteiger charge is -2.15. The molecular formula is C18H21NO2. The highest BCUT2D eigenvalue weighted by atomic mass is 16.2. The number of hydrogen-bond donors (Lipinski definition) is 0. The fourth-order valence-electron chi connectivity index (χ4n) is 4.30. The molecule has 1 heterocycles. The van der Waals surface area contributed by atoms with Gasteiger partial charge in [-0.3, -0.25) is 9.59 Å². The summed E-state index contributed by atoms with van der Waals surface area (Å²) in [6, 6.07) is 7.69. The van der Waals surface area contributed by atoms with Gasteiger partial charge in [-0.2, -0.15) is 0 Å². The summed E-state index contributed by atoms with van der Waals surface area (Å²) in [5, 5.41) is 0. The first kappa shape index (κ1) is 13.1. The van der Waals surface area contributed by atoms with Gasteiger partial charge < -0.3 is 4.90 Å². The lowest BCUT2D eigenvalue weighted by molar-refractivity contribution is -0.117. The largest absolute Gasteiger partial charge is 0.312 e. The van der Waals surface area contributed by atoms with Crippen LogP contribution in [-0.4, -0.2) is 18.2 Å². The predicted octanol–water partition coefficient (Wildman–Crippen LogP) is 3.43. The van der Waals surface area contributed by atoms with Crippen molar-refractivity contribution in [3.63, 3.8) is 0 Å². The Morgan fingerprint density at radius 1 is 1.00 bits per heavy atom. The van der Waals surface area contributed by atoms with Crippen molar-refractivity contribution in [1.82, 2.24) is 0 Å². The first-order valence-electron chi connectivity index (χ1n) is 8.20. The smallest absolute Gasteiger partial charge is 0.227 e. The van der Waals surface area contributed by atoms with Crippen molar-refractivity contribution < 1.29 is 9.59 Å². The second-order valence-corrected chi connectivity index (χ2v) is 6.70. The normalized spacial score (nSPS) is 31.1. The molecule has 3 aliphatic rings. The van der Waals surface area contributed by atoms with Crippen molar-refractivity contribution >= 4 is 17.4 Å². The van der Waals surface area contributed by atoms with E-state index in [1.807, 2.05) is 29.2 Å². The molecule has 4 rings (SSSR count). The van der Waals surface area contributed by atoms with Gasteiger partial charge in [0.15, 0.2) is 5.78 Å². The topological polar surface area (TPSA) is 37.4 Å². The van der Waals surface area contributed by atoms with Crippen LogP contribution in [0.2, 0.25) is 0 Å². The summed E-state index contributed by atoms with van der Waals surface area (Å²) in [7, 11) is 0. The summed E-state index contributed by atoms with van der Waals surface area (Å²) >= 11 is 0. The summed E-state index contributed by atoms with van der Waals surface area (Å²) in [5.74, 6) is 2.12. The zero-order valence-corrected chi connectivity index (χ0v) is 12.3. The van der Waals surface area contributed by atoms with Crippen molar-refractivity contribution in [1.29, 1.82) is 0 Å². The molecule has 0 bridgehead atoms. The van der Waals surface area contributed by atoms with Gasteiger partial charge in [-0.25, -0.2) is 0 Å². The van der Waals surface area contributed by atoms with Gasteiger partial charge in [0.25, 0.3) is 0 Å². The van der Waals surface area contributed by atoms with E-state index in [2.05, 4.69) is 0 Å². The molecule has 1 saturated heterocycles. The highest BCUT2D eigenvalue weighted by Crippen LogP contribution is 2.56. The van der Waals surface area contributed by atoms with Gasteiger partial charge in [0.05, 0.1) is 0 Å². The molecule has 2 atom stereocenters. The number of Topliss-reactive ketones (excluding diaryl/α,β-unsaturated/α-hetero) is 1. The Kier molecular flexibility index (Phi) is 3.09. The second kappa shape index (κ2) is 4.97. The molecule has 0 spiro atoms. The lowest BCUT2D eigenvalue weighted by Crippen LogP contribution is -2.23. The minimum absolute atomic E-state index is 0.197. The van der Waals surface area contributed by atoms with E-state index >= 15 is 0 Å². The number of nitrogens with zero attached hydrogens (tertiary/aromatic N) is 1. The van der Waals surface area contributed by atoms with Crippen LogP contribution < -0.4 is 4.90 Å². The second-order valence-electron chi connectivity index (χ2n) is 6.70. The number of hydrogen-bond acceptors (Lipinski definition) is 2. The van der Waals surface area contributed by atoms with E-state index in [4.69, 9.17) is 0 Å². The van der Waals surface area contributed by atoms with Crippen molar-refractivity contribution in [2.45, 2.75) is 38.5 Å². The Morgan fingerprint density at radius 3 is 2.24 bits per heavy atom. The summed E-state index contributed by atoms with van der Waals surface area (Å²) in [6.07, 6.45) is 6.64. The molecule has 110 valence electrons. The molecule has 0 aromatic heterocycles. The maximum atomic E-state index is 12.6. The van der Waals surface area contributed by atoms with E-state index in [1.165, 1.54) is 25.7 Å². The molecule has 3 fully saturated rings. The molecule has 3 heteroatoms. The number of carbonyl (C=O) groups excluding carboxylic acids is 2. The number of amides is 1. The Labute approximate surface area is 125 Å². The molecular weight excluding hydrogens is 262 g/mol. The van der Waals surface area contributed by atoms with Crippen LogP contribution in [0.25, 0.3) is 0 Å². The molecule has 2 aliphatic carbocycles. The van der Waals surface area contributed by atoms with E-state index in [-0.39, 0.29) is 11.8 Å². The predicted molar refractivity (Wildman–Crippen MR) is 81.3 cm³/mol. The molecule has 1 aliphatic heterocycles. The number of anilines is 1. The van der Waals surface area contributed by atoms with E-state index in [9.17, 15) is 9.59 Å². The van der Waals surface area contributed by atoms with E-state index in [0.717, 1.165) is 24.2 Å². The Morgan fingerprint density at radius 2 is 1.67 bits per heavy atom. The average Bonchev–Trinajstić information content (AvgIpc) is 3.10. The summed E-state index contributed by atoms with van der Waals surface area (Å²) < 4.78 is 0. The molecule has 3 nitrogen and oxygen atoms in total. The van der Waals surface area contributed by atoms with Crippen molar-refractivity contribution in [3.8, 4) is 0 Å². The zero-order chi connectivity index (χ0) is 14.4. The van der Waals surface area contributed by atoms with Gasteiger partial charge in [0, 0.05) is 30.1 Å². The first-order valence-corrected chi connectivity index (χ1v) is 8.20. The van der Waals surface area contributed by atoms with Crippen LogP contribution in [0.15, 0.2) is 24.3 Å².